The highest BCUT2D eigenvalue weighted by Crippen LogP contribution is 2.17. The maximum atomic E-state index is 12.9. The average Bonchev–Trinajstić information content (AvgIpc) is 2.30. The molecule has 1 saturated heterocycles. The van der Waals surface area contributed by atoms with Gasteiger partial charge in [0.2, 0.25) is 0 Å². The van der Waals surface area contributed by atoms with Crippen LogP contribution < -0.4 is 10.1 Å². The van der Waals surface area contributed by atoms with Gasteiger partial charge in [0.15, 0.2) is 0 Å². The summed E-state index contributed by atoms with van der Waals surface area (Å²) in [7, 11) is 0. The van der Waals surface area contributed by atoms with E-state index in [0.29, 0.717) is 6.54 Å². The lowest BCUT2D eigenvalue weighted by Gasteiger charge is -2.20. The topological polar surface area (TPSA) is 38.3 Å². The first kappa shape index (κ1) is 11.1. The van der Waals surface area contributed by atoms with Gasteiger partial charge in [-0.1, -0.05) is 6.07 Å². The van der Waals surface area contributed by atoms with Gasteiger partial charge in [0.05, 0.1) is 5.92 Å². The van der Waals surface area contributed by atoms with Crippen molar-refractivity contribution >= 4 is 5.97 Å². The summed E-state index contributed by atoms with van der Waals surface area (Å²) in [4.78, 5) is 11.7. The molecular weight excluding hydrogens is 209 g/mol. The molecule has 1 aliphatic heterocycles. The Morgan fingerprint density at radius 2 is 2.38 bits per heavy atom. The van der Waals surface area contributed by atoms with Crippen LogP contribution in [0.15, 0.2) is 24.3 Å². The van der Waals surface area contributed by atoms with E-state index in [1.807, 2.05) is 0 Å². The minimum Gasteiger partial charge on any atom is -0.426 e. The standard InChI is InChI=1S/C12H14FNO2/c13-10-4-1-5-11(7-10)16-12(15)9-3-2-6-14-8-9/h1,4-5,7,9,14H,2-3,6,8H2. The zero-order valence-electron chi connectivity index (χ0n) is 8.91. The van der Waals surface area contributed by atoms with Gasteiger partial charge in [0, 0.05) is 12.6 Å². The van der Waals surface area contributed by atoms with Gasteiger partial charge in [-0.2, -0.15) is 0 Å². The van der Waals surface area contributed by atoms with Crippen molar-refractivity contribution in [3.05, 3.63) is 30.1 Å². The van der Waals surface area contributed by atoms with Crippen molar-refractivity contribution in [1.29, 1.82) is 0 Å². The summed E-state index contributed by atoms with van der Waals surface area (Å²) in [6, 6.07) is 5.64. The molecule has 1 atom stereocenters. The monoisotopic (exact) mass is 223 g/mol. The van der Waals surface area contributed by atoms with Gasteiger partial charge in [-0.05, 0) is 31.5 Å². The average molecular weight is 223 g/mol. The second-order valence-electron chi connectivity index (χ2n) is 3.92. The second kappa shape index (κ2) is 5.07. The summed E-state index contributed by atoms with van der Waals surface area (Å²) in [5, 5.41) is 3.14. The lowest BCUT2D eigenvalue weighted by Crippen LogP contribution is -2.36. The van der Waals surface area contributed by atoms with Crippen LogP contribution in [0, 0.1) is 11.7 Å². The molecule has 3 nitrogen and oxygen atoms in total. The van der Waals surface area contributed by atoms with Crippen molar-refractivity contribution in [3.8, 4) is 5.75 Å². The molecule has 1 fully saturated rings. The Labute approximate surface area is 93.6 Å². The normalized spacial score (nSPS) is 20.4. The van der Waals surface area contributed by atoms with Crippen LogP contribution in [0.25, 0.3) is 0 Å². The smallest absolute Gasteiger partial charge is 0.315 e. The maximum Gasteiger partial charge on any atom is 0.315 e. The predicted molar refractivity (Wildman–Crippen MR) is 57.6 cm³/mol. The molecule has 86 valence electrons. The summed E-state index contributed by atoms with van der Waals surface area (Å²) in [6.45, 7) is 1.60. The summed E-state index contributed by atoms with van der Waals surface area (Å²) < 4.78 is 18.0. The van der Waals surface area contributed by atoms with Crippen LogP contribution in [0.5, 0.6) is 5.75 Å². The van der Waals surface area contributed by atoms with Gasteiger partial charge in [0.25, 0.3) is 0 Å². The van der Waals surface area contributed by atoms with E-state index in [4.69, 9.17) is 4.74 Å². The lowest BCUT2D eigenvalue weighted by molar-refractivity contribution is -0.139. The molecule has 2 rings (SSSR count). The third-order valence-electron chi connectivity index (χ3n) is 2.64. The van der Waals surface area contributed by atoms with Crippen molar-refractivity contribution in [2.45, 2.75) is 12.8 Å². The number of esters is 1. The molecule has 0 radical (unpaired) electrons. The number of piperidine rings is 1. The van der Waals surface area contributed by atoms with Crippen LogP contribution in [0.1, 0.15) is 12.8 Å². The molecule has 0 aliphatic carbocycles. The van der Waals surface area contributed by atoms with Gasteiger partial charge in [-0.25, -0.2) is 4.39 Å². The van der Waals surface area contributed by atoms with Crippen LogP contribution in [-0.2, 0) is 4.79 Å². The van der Waals surface area contributed by atoms with Gasteiger partial charge < -0.3 is 10.1 Å². The molecule has 0 bridgehead atoms. The Morgan fingerprint density at radius 3 is 3.06 bits per heavy atom. The number of halogens is 1. The Hall–Kier alpha value is -1.42. The second-order valence-corrected chi connectivity index (χ2v) is 3.92. The summed E-state index contributed by atoms with van der Waals surface area (Å²) in [5.74, 6) is -0.516. The number of hydrogen-bond donors (Lipinski definition) is 1. The molecule has 0 saturated carbocycles. The first-order valence-electron chi connectivity index (χ1n) is 5.44. The Balaban J connectivity index is 1.96. The van der Waals surface area contributed by atoms with E-state index in [2.05, 4.69) is 5.32 Å². The molecule has 1 unspecified atom stereocenters. The molecule has 0 aromatic heterocycles. The largest absolute Gasteiger partial charge is 0.426 e. The number of hydrogen-bond acceptors (Lipinski definition) is 3. The van der Waals surface area contributed by atoms with E-state index in [1.165, 1.54) is 18.2 Å². The Morgan fingerprint density at radius 1 is 1.50 bits per heavy atom. The van der Waals surface area contributed by atoms with Crippen LogP contribution >= 0.6 is 0 Å². The van der Waals surface area contributed by atoms with E-state index < -0.39 is 5.82 Å². The zero-order valence-corrected chi connectivity index (χ0v) is 8.91. The first-order chi connectivity index (χ1) is 7.75. The number of ether oxygens (including phenoxy) is 1. The molecule has 1 aliphatic rings. The SMILES string of the molecule is O=C(Oc1cccc(F)c1)C1CCCNC1. The third kappa shape index (κ3) is 2.79. The molecule has 1 aromatic rings. The maximum absolute atomic E-state index is 12.9. The van der Waals surface area contributed by atoms with Gasteiger partial charge >= 0.3 is 5.97 Å². The number of benzene rings is 1. The van der Waals surface area contributed by atoms with Gasteiger partial charge in [-0.15, -0.1) is 0 Å². The first-order valence-corrected chi connectivity index (χ1v) is 5.44. The number of carbonyl (C=O) groups excluding carboxylic acids is 1. The highest BCUT2D eigenvalue weighted by molar-refractivity contribution is 5.75. The Bertz CT molecular complexity index is 375. The highest BCUT2D eigenvalue weighted by atomic mass is 19.1. The van der Waals surface area contributed by atoms with Crippen molar-refractivity contribution in [2.75, 3.05) is 13.1 Å². The highest BCUT2D eigenvalue weighted by Gasteiger charge is 2.22. The molecule has 16 heavy (non-hydrogen) atoms. The van der Waals surface area contributed by atoms with Gasteiger partial charge in [-0.3, -0.25) is 4.79 Å². The van der Waals surface area contributed by atoms with Crippen LogP contribution in [0.4, 0.5) is 4.39 Å². The molecule has 1 aromatic carbocycles. The Kier molecular flexibility index (Phi) is 3.51. The fourth-order valence-electron chi connectivity index (χ4n) is 1.78. The van der Waals surface area contributed by atoms with Crippen LogP contribution in [-0.4, -0.2) is 19.1 Å². The van der Waals surface area contributed by atoms with Crippen molar-refractivity contribution in [1.82, 2.24) is 5.32 Å². The number of rotatable bonds is 2. The molecule has 0 spiro atoms. The van der Waals surface area contributed by atoms with Crippen molar-refractivity contribution in [2.24, 2.45) is 5.92 Å². The molecule has 1 N–H and O–H groups in total. The quantitative estimate of drug-likeness (QED) is 0.613. The fourth-order valence-corrected chi connectivity index (χ4v) is 1.78. The van der Waals surface area contributed by atoms with E-state index in [-0.39, 0.29) is 17.6 Å². The minimum atomic E-state index is -0.396. The minimum absolute atomic E-state index is 0.114. The van der Waals surface area contributed by atoms with Gasteiger partial charge in [0.1, 0.15) is 11.6 Å². The number of carbonyl (C=O) groups is 1. The summed E-state index contributed by atoms with van der Waals surface area (Å²) >= 11 is 0. The third-order valence-corrected chi connectivity index (χ3v) is 2.64. The molecule has 4 heteroatoms. The lowest BCUT2D eigenvalue weighted by atomic mass is 10.0. The predicted octanol–water partition coefficient (Wildman–Crippen LogP) is 1.73. The molecule has 0 amide bonds. The van der Waals surface area contributed by atoms with E-state index in [0.717, 1.165) is 19.4 Å². The van der Waals surface area contributed by atoms with E-state index in [9.17, 15) is 9.18 Å². The van der Waals surface area contributed by atoms with Crippen LogP contribution in [0.3, 0.4) is 0 Å². The molecule has 1 heterocycles. The summed E-state index contributed by atoms with van der Waals surface area (Å²) in [6.07, 6.45) is 1.81. The van der Waals surface area contributed by atoms with Crippen molar-refractivity contribution < 1.29 is 13.9 Å². The summed E-state index contributed by atoms with van der Waals surface area (Å²) in [5.41, 5.74) is 0. The number of nitrogens with one attached hydrogen (secondary N) is 1. The van der Waals surface area contributed by atoms with E-state index >= 15 is 0 Å². The molecular formula is C12H14FNO2. The van der Waals surface area contributed by atoms with Crippen molar-refractivity contribution in [3.63, 3.8) is 0 Å². The fraction of sp³-hybridized carbons (Fsp3) is 0.417. The zero-order chi connectivity index (χ0) is 11.4. The van der Waals surface area contributed by atoms with E-state index in [1.54, 1.807) is 6.07 Å². The van der Waals surface area contributed by atoms with Crippen LogP contribution in [0.2, 0.25) is 0 Å².